The van der Waals surface area contributed by atoms with Crippen molar-refractivity contribution < 1.29 is 5.11 Å². The standard InChI is InChI=1S/C15H19N3O2/c1-3-6-18-14(19)12(9-16)11(2)13(15(18)20)10-17-7-4-5-8-17/h3,20H,1,4-8,10H2,2H3. The number of rotatable bonds is 4. The molecule has 2 rings (SSSR count). The Morgan fingerprint density at radius 2 is 2.10 bits per heavy atom. The van der Waals surface area contributed by atoms with Crippen molar-refractivity contribution in [2.45, 2.75) is 32.9 Å². The first-order valence-corrected chi connectivity index (χ1v) is 6.78. The van der Waals surface area contributed by atoms with Gasteiger partial charge in [0.25, 0.3) is 5.56 Å². The van der Waals surface area contributed by atoms with Crippen LogP contribution in [-0.4, -0.2) is 27.7 Å². The Morgan fingerprint density at radius 3 is 2.65 bits per heavy atom. The molecule has 0 spiro atoms. The zero-order valence-electron chi connectivity index (χ0n) is 11.7. The first kappa shape index (κ1) is 14.4. The third-order valence-corrected chi connectivity index (χ3v) is 3.82. The Hall–Kier alpha value is -2.06. The molecule has 5 nitrogen and oxygen atoms in total. The summed E-state index contributed by atoms with van der Waals surface area (Å²) in [6.07, 6.45) is 3.84. The van der Waals surface area contributed by atoms with Crippen LogP contribution in [0.2, 0.25) is 0 Å². The second kappa shape index (κ2) is 5.93. The SMILES string of the molecule is C=CCn1c(O)c(CN2CCCC2)c(C)c(C#N)c1=O. The van der Waals surface area contributed by atoms with E-state index in [1.54, 1.807) is 6.92 Å². The van der Waals surface area contributed by atoms with E-state index in [-0.39, 0.29) is 18.0 Å². The molecular formula is C15H19N3O2. The van der Waals surface area contributed by atoms with Crippen LogP contribution in [0.1, 0.15) is 29.5 Å². The lowest BCUT2D eigenvalue weighted by molar-refractivity contribution is 0.316. The Balaban J connectivity index is 2.54. The summed E-state index contributed by atoms with van der Waals surface area (Å²) in [6.45, 7) is 8.06. The van der Waals surface area contributed by atoms with Crippen LogP contribution in [0.5, 0.6) is 5.88 Å². The van der Waals surface area contributed by atoms with Crippen molar-refractivity contribution in [1.29, 1.82) is 5.26 Å². The number of nitrogens with zero attached hydrogens (tertiary/aromatic N) is 3. The quantitative estimate of drug-likeness (QED) is 0.844. The molecule has 0 amide bonds. The van der Waals surface area contributed by atoms with Crippen molar-refractivity contribution in [3.05, 3.63) is 39.7 Å². The van der Waals surface area contributed by atoms with Crippen LogP contribution in [0.15, 0.2) is 17.4 Å². The Labute approximate surface area is 118 Å². The molecule has 5 heteroatoms. The number of allylic oxidation sites excluding steroid dienone is 1. The summed E-state index contributed by atoms with van der Waals surface area (Å²) in [4.78, 5) is 14.4. The molecule has 1 saturated heterocycles. The predicted octanol–water partition coefficient (Wildman–Crippen LogP) is 1.52. The molecule has 0 radical (unpaired) electrons. The normalized spacial score (nSPS) is 15.2. The summed E-state index contributed by atoms with van der Waals surface area (Å²) < 4.78 is 1.21. The maximum Gasteiger partial charge on any atom is 0.271 e. The van der Waals surface area contributed by atoms with Crippen LogP contribution in [0.25, 0.3) is 0 Å². The molecule has 0 saturated carbocycles. The van der Waals surface area contributed by atoms with Gasteiger partial charge >= 0.3 is 0 Å². The van der Waals surface area contributed by atoms with E-state index in [1.807, 2.05) is 6.07 Å². The van der Waals surface area contributed by atoms with E-state index in [1.165, 1.54) is 10.6 Å². The topological polar surface area (TPSA) is 69.3 Å². The zero-order valence-corrected chi connectivity index (χ0v) is 11.7. The average Bonchev–Trinajstić information content (AvgIpc) is 2.93. The van der Waals surface area contributed by atoms with Gasteiger partial charge in [0.1, 0.15) is 11.6 Å². The monoisotopic (exact) mass is 273 g/mol. The molecule has 0 unspecified atom stereocenters. The summed E-state index contributed by atoms with van der Waals surface area (Å²) in [6, 6.07) is 1.96. The summed E-state index contributed by atoms with van der Waals surface area (Å²) in [5, 5.41) is 19.5. The van der Waals surface area contributed by atoms with Crippen LogP contribution < -0.4 is 5.56 Å². The highest BCUT2D eigenvalue weighted by atomic mass is 16.3. The molecule has 0 aromatic carbocycles. The van der Waals surface area contributed by atoms with Gasteiger partial charge in [0.2, 0.25) is 0 Å². The van der Waals surface area contributed by atoms with Crippen molar-refractivity contribution in [1.82, 2.24) is 9.47 Å². The van der Waals surface area contributed by atoms with E-state index in [2.05, 4.69) is 11.5 Å². The fourth-order valence-electron chi connectivity index (χ4n) is 2.66. The van der Waals surface area contributed by atoms with Crippen LogP contribution in [-0.2, 0) is 13.1 Å². The Bertz CT molecular complexity index is 619. The molecule has 1 aromatic rings. The summed E-state index contributed by atoms with van der Waals surface area (Å²) in [5.41, 5.74) is 0.915. The summed E-state index contributed by atoms with van der Waals surface area (Å²) >= 11 is 0. The number of hydrogen-bond donors (Lipinski definition) is 1. The largest absolute Gasteiger partial charge is 0.494 e. The summed E-state index contributed by atoms with van der Waals surface area (Å²) in [5.74, 6) is -0.0432. The van der Waals surface area contributed by atoms with Crippen LogP contribution in [0.4, 0.5) is 0 Å². The molecular weight excluding hydrogens is 254 g/mol. The van der Waals surface area contributed by atoms with Gasteiger partial charge in [-0.2, -0.15) is 5.26 Å². The molecule has 20 heavy (non-hydrogen) atoms. The number of aromatic hydroxyl groups is 1. The minimum atomic E-state index is -0.451. The molecule has 1 fully saturated rings. The van der Waals surface area contributed by atoms with Crippen LogP contribution in [0, 0.1) is 18.3 Å². The second-order valence-corrected chi connectivity index (χ2v) is 5.10. The van der Waals surface area contributed by atoms with Gasteiger partial charge in [0.05, 0.1) is 0 Å². The van der Waals surface area contributed by atoms with E-state index < -0.39 is 5.56 Å². The molecule has 1 aliphatic rings. The smallest absolute Gasteiger partial charge is 0.271 e. The maximum atomic E-state index is 12.1. The van der Waals surface area contributed by atoms with E-state index in [0.29, 0.717) is 17.7 Å². The third kappa shape index (κ3) is 2.47. The third-order valence-electron chi connectivity index (χ3n) is 3.82. The van der Waals surface area contributed by atoms with E-state index in [9.17, 15) is 15.2 Å². The van der Waals surface area contributed by atoms with Crippen molar-refractivity contribution in [3.8, 4) is 11.9 Å². The van der Waals surface area contributed by atoms with Gasteiger partial charge in [-0.1, -0.05) is 6.08 Å². The molecule has 1 aliphatic heterocycles. The Kier molecular flexibility index (Phi) is 4.26. The second-order valence-electron chi connectivity index (χ2n) is 5.10. The van der Waals surface area contributed by atoms with Crippen molar-refractivity contribution >= 4 is 0 Å². The van der Waals surface area contributed by atoms with Gasteiger partial charge in [-0.25, -0.2) is 0 Å². The maximum absolute atomic E-state index is 12.1. The molecule has 2 heterocycles. The highest BCUT2D eigenvalue weighted by Crippen LogP contribution is 2.24. The van der Waals surface area contributed by atoms with Gasteiger partial charge in [-0.15, -0.1) is 6.58 Å². The van der Waals surface area contributed by atoms with Crippen LogP contribution >= 0.6 is 0 Å². The fourth-order valence-corrected chi connectivity index (χ4v) is 2.66. The van der Waals surface area contributed by atoms with Crippen LogP contribution in [0.3, 0.4) is 0 Å². The minimum Gasteiger partial charge on any atom is -0.494 e. The van der Waals surface area contributed by atoms with Gasteiger partial charge in [-0.3, -0.25) is 14.3 Å². The van der Waals surface area contributed by atoms with Crippen molar-refractivity contribution in [2.24, 2.45) is 0 Å². The molecule has 106 valence electrons. The molecule has 1 aromatic heterocycles. The Morgan fingerprint density at radius 1 is 1.45 bits per heavy atom. The van der Waals surface area contributed by atoms with E-state index in [4.69, 9.17) is 0 Å². The molecule has 1 N–H and O–H groups in total. The zero-order chi connectivity index (χ0) is 14.7. The summed E-state index contributed by atoms with van der Waals surface area (Å²) in [7, 11) is 0. The number of pyridine rings is 1. The fraction of sp³-hybridized carbons (Fsp3) is 0.467. The number of aromatic nitrogens is 1. The first-order valence-electron chi connectivity index (χ1n) is 6.78. The predicted molar refractivity (Wildman–Crippen MR) is 76.5 cm³/mol. The van der Waals surface area contributed by atoms with Crippen molar-refractivity contribution in [3.63, 3.8) is 0 Å². The lowest BCUT2D eigenvalue weighted by atomic mass is 10.0. The van der Waals surface area contributed by atoms with E-state index >= 15 is 0 Å². The average molecular weight is 273 g/mol. The number of hydrogen-bond acceptors (Lipinski definition) is 4. The minimum absolute atomic E-state index is 0.0432. The lowest BCUT2D eigenvalue weighted by Crippen LogP contribution is -2.27. The molecule has 0 atom stereocenters. The lowest BCUT2D eigenvalue weighted by Gasteiger charge is -2.20. The highest BCUT2D eigenvalue weighted by Gasteiger charge is 2.21. The number of nitriles is 1. The van der Waals surface area contributed by atoms with E-state index in [0.717, 1.165) is 25.9 Å². The molecule has 0 bridgehead atoms. The van der Waals surface area contributed by atoms with Gasteiger partial charge < -0.3 is 5.11 Å². The highest BCUT2D eigenvalue weighted by molar-refractivity contribution is 5.45. The molecule has 0 aliphatic carbocycles. The number of likely N-dealkylation sites (tertiary alicyclic amines) is 1. The first-order chi connectivity index (χ1) is 9.60. The van der Waals surface area contributed by atoms with Gasteiger partial charge in [0, 0.05) is 18.7 Å². The van der Waals surface area contributed by atoms with Gasteiger partial charge in [-0.05, 0) is 38.4 Å². The van der Waals surface area contributed by atoms with Gasteiger partial charge in [0.15, 0.2) is 5.88 Å². The van der Waals surface area contributed by atoms with Crippen molar-refractivity contribution in [2.75, 3.05) is 13.1 Å².